The van der Waals surface area contributed by atoms with Crippen molar-refractivity contribution in [2.75, 3.05) is 6.61 Å². The summed E-state index contributed by atoms with van der Waals surface area (Å²) in [6, 6.07) is 19.3. The van der Waals surface area contributed by atoms with Crippen LogP contribution in [0, 0.1) is 0 Å². The predicted octanol–water partition coefficient (Wildman–Crippen LogP) is 6.14. The van der Waals surface area contributed by atoms with Gasteiger partial charge in [-0.1, -0.05) is 47.5 Å². The summed E-state index contributed by atoms with van der Waals surface area (Å²) in [5, 5.41) is 4.58. The van der Waals surface area contributed by atoms with Crippen LogP contribution in [0.1, 0.15) is 23.9 Å². The van der Waals surface area contributed by atoms with E-state index in [1.165, 1.54) is 0 Å². The number of aromatic nitrogens is 2. The van der Waals surface area contributed by atoms with Crippen molar-refractivity contribution in [3.63, 3.8) is 0 Å². The Labute approximate surface area is 191 Å². The van der Waals surface area contributed by atoms with Crippen LogP contribution in [0.4, 0.5) is 0 Å². The lowest BCUT2D eigenvalue weighted by molar-refractivity contribution is 0.269. The lowest BCUT2D eigenvalue weighted by Gasteiger charge is -2.15. The number of nitrogens with one attached hydrogen (secondary N) is 2. The summed E-state index contributed by atoms with van der Waals surface area (Å²) in [4.78, 5) is 7.91. The third-order valence-corrected chi connectivity index (χ3v) is 5.51. The van der Waals surface area contributed by atoms with Gasteiger partial charge in [0.15, 0.2) is 11.5 Å². The zero-order chi connectivity index (χ0) is 21.6. The number of nitrogens with zero attached hydrogens (tertiary/aromatic N) is 1. The van der Waals surface area contributed by atoms with Crippen LogP contribution >= 0.6 is 23.2 Å². The topological polar surface area (TPSA) is 59.2 Å². The van der Waals surface area contributed by atoms with Crippen LogP contribution in [-0.4, -0.2) is 16.6 Å². The fourth-order valence-electron chi connectivity index (χ4n) is 3.28. The minimum Gasteiger partial charge on any atom is -0.490 e. The number of rotatable bonds is 9. The van der Waals surface area contributed by atoms with Crippen LogP contribution in [0.5, 0.6) is 11.5 Å². The number of fused-ring (bicyclic) bond motifs is 1. The van der Waals surface area contributed by atoms with E-state index in [0.717, 1.165) is 28.0 Å². The van der Waals surface area contributed by atoms with Crippen LogP contribution in [0.2, 0.25) is 10.0 Å². The van der Waals surface area contributed by atoms with Gasteiger partial charge >= 0.3 is 0 Å². The molecule has 0 amide bonds. The van der Waals surface area contributed by atoms with E-state index in [0.29, 0.717) is 41.2 Å². The number of H-pyrrole nitrogens is 1. The summed E-state index contributed by atoms with van der Waals surface area (Å²) in [7, 11) is 0. The van der Waals surface area contributed by atoms with E-state index >= 15 is 0 Å². The van der Waals surface area contributed by atoms with Crippen LogP contribution in [0.25, 0.3) is 11.0 Å². The summed E-state index contributed by atoms with van der Waals surface area (Å²) in [5.41, 5.74) is 3.85. The van der Waals surface area contributed by atoms with Crippen molar-refractivity contribution in [1.82, 2.24) is 15.3 Å². The number of halogens is 2. The zero-order valence-corrected chi connectivity index (χ0v) is 18.6. The third kappa shape index (κ3) is 5.31. The predicted molar refractivity (Wildman–Crippen MR) is 125 cm³/mol. The first-order chi connectivity index (χ1) is 15.1. The van der Waals surface area contributed by atoms with E-state index in [1.54, 1.807) is 12.1 Å². The van der Waals surface area contributed by atoms with Crippen molar-refractivity contribution < 1.29 is 9.47 Å². The fourth-order valence-corrected chi connectivity index (χ4v) is 3.79. The molecule has 1 heterocycles. The van der Waals surface area contributed by atoms with Gasteiger partial charge < -0.3 is 19.8 Å². The quantitative estimate of drug-likeness (QED) is 0.318. The number of para-hydroxylation sites is 2. The van der Waals surface area contributed by atoms with Gasteiger partial charge in [0, 0.05) is 22.2 Å². The number of aromatic amines is 1. The smallest absolute Gasteiger partial charge is 0.161 e. The van der Waals surface area contributed by atoms with Gasteiger partial charge in [0.05, 0.1) is 24.2 Å². The molecule has 0 radical (unpaired) electrons. The Hall–Kier alpha value is -2.73. The Morgan fingerprint density at radius 3 is 2.48 bits per heavy atom. The molecule has 0 fully saturated rings. The van der Waals surface area contributed by atoms with Gasteiger partial charge in [-0.15, -0.1) is 0 Å². The van der Waals surface area contributed by atoms with Crippen molar-refractivity contribution in [2.24, 2.45) is 0 Å². The second-order valence-electron chi connectivity index (χ2n) is 7.01. The molecule has 4 aromatic rings. The molecule has 1 aromatic heterocycles. The van der Waals surface area contributed by atoms with Crippen molar-refractivity contribution in [2.45, 2.75) is 26.6 Å². The van der Waals surface area contributed by atoms with E-state index < -0.39 is 0 Å². The van der Waals surface area contributed by atoms with Gasteiger partial charge in [-0.25, -0.2) is 4.98 Å². The second kappa shape index (κ2) is 10.1. The van der Waals surface area contributed by atoms with Crippen molar-refractivity contribution >= 4 is 34.2 Å². The molecule has 3 aromatic carbocycles. The normalized spacial score (nSPS) is 11.1. The van der Waals surface area contributed by atoms with E-state index in [1.807, 2.05) is 55.5 Å². The molecule has 2 N–H and O–H groups in total. The lowest BCUT2D eigenvalue weighted by Crippen LogP contribution is -2.14. The Kier molecular flexibility index (Phi) is 6.97. The largest absolute Gasteiger partial charge is 0.490 e. The average Bonchev–Trinajstić information content (AvgIpc) is 3.17. The van der Waals surface area contributed by atoms with Gasteiger partial charge in [0.2, 0.25) is 0 Å². The van der Waals surface area contributed by atoms with Crippen LogP contribution < -0.4 is 14.8 Å². The maximum absolute atomic E-state index is 6.24. The SMILES string of the molecule is CCOc1cc(CNCc2nc3ccccc3[nH]2)ccc1OCc1c(Cl)cccc1Cl. The van der Waals surface area contributed by atoms with Crippen molar-refractivity contribution in [3.05, 3.63) is 87.7 Å². The molecular formula is C24H23Cl2N3O2. The number of imidazole rings is 1. The summed E-state index contributed by atoms with van der Waals surface area (Å²) < 4.78 is 11.8. The molecule has 0 aliphatic rings. The van der Waals surface area contributed by atoms with Crippen molar-refractivity contribution in [1.29, 1.82) is 0 Å². The summed E-state index contributed by atoms with van der Waals surface area (Å²) in [5.74, 6) is 2.25. The molecule has 31 heavy (non-hydrogen) atoms. The molecule has 4 rings (SSSR count). The lowest BCUT2D eigenvalue weighted by atomic mass is 10.2. The van der Waals surface area contributed by atoms with Gasteiger partial charge in [-0.05, 0) is 48.9 Å². The highest BCUT2D eigenvalue weighted by molar-refractivity contribution is 6.35. The molecule has 0 saturated heterocycles. The molecule has 0 unspecified atom stereocenters. The first-order valence-electron chi connectivity index (χ1n) is 10.1. The van der Waals surface area contributed by atoms with Gasteiger partial charge in [-0.2, -0.15) is 0 Å². The molecule has 0 aliphatic carbocycles. The molecule has 160 valence electrons. The monoisotopic (exact) mass is 455 g/mol. The number of hydrogen-bond donors (Lipinski definition) is 2. The first-order valence-corrected chi connectivity index (χ1v) is 10.9. The van der Waals surface area contributed by atoms with Gasteiger partial charge in [0.1, 0.15) is 12.4 Å². The van der Waals surface area contributed by atoms with E-state index in [-0.39, 0.29) is 6.61 Å². The van der Waals surface area contributed by atoms with Gasteiger partial charge in [-0.3, -0.25) is 0 Å². The minimum absolute atomic E-state index is 0.266. The molecule has 5 nitrogen and oxygen atoms in total. The van der Waals surface area contributed by atoms with Crippen LogP contribution in [0.15, 0.2) is 60.7 Å². The molecule has 0 atom stereocenters. The molecule has 0 saturated carbocycles. The first kappa shape index (κ1) is 21.5. The van der Waals surface area contributed by atoms with E-state index in [2.05, 4.69) is 15.3 Å². The molecule has 0 aliphatic heterocycles. The second-order valence-corrected chi connectivity index (χ2v) is 7.82. The fraction of sp³-hybridized carbons (Fsp3) is 0.208. The average molecular weight is 456 g/mol. The molecular weight excluding hydrogens is 433 g/mol. The zero-order valence-electron chi connectivity index (χ0n) is 17.1. The summed E-state index contributed by atoms with van der Waals surface area (Å²) in [6.45, 7) is 4.07. The Morgan fingerprint density at radius 2 is 1.71 bits per heavy atom. The summed E-state index contributed by atoms with van der Waals surface area (Å²) >= 11 is 12.5. The molecule has 0 spiro atoms. The number of hydrogen-bond acceptors (Lipinski definition) is 4. The molecule has 0 bridgehead atoms. The maximum Gasteiger partial charge on any atom is 0.161 e. The minimum atomic E-state index is 0.266. The van der Waals surface area contributed by atoms with Crippen molar-refractivity contribution in [3.8, 4) is 11.5 Å². The highest BCUT2D eigenvalue weighted by Gasteiger charge is 2.11. The van der Waals surface area contributed by atoms with E-state index in [4.69, 9.17) is 32.7 Å². The molecule has 7 heteroatoms. The highest BCUT2D eigenvalue weighted by atomic mass is 35.5. The van der Waals surface area contributed by atoms with E-state index in [9.17, 15) is 0 Å². The van der Waals surface area contributed by atoms with Crippen LogP contribution in [0.3, 0.4) is 0 Å². The maximum atomic E-state index is 6.24. The third-order valence-electron chi connectivity index (χ3n) is 4.80. The summed E-state index contributed by atoms with van der Waals surface area (Å²) in [6.07, 6.45) is 0. The Balaban J connectivity index is 1.40. The standard InChI is InChI=1S/C24H23Cl2N3O2/c1-2-30-23-12-16(13-27-14-24-28-20-8-3-4-9-21(20)29-24)10-11-22(23)31-15-17-18(25)6-5-7-19(17)26/h3-12,27H,2,13-15H2,1H3,(H,28,29). The number of ether oxygens (including phenoxy) is 2. The Morgan fingerprint density at radius 1 is 0.903 bits per heavy atom. The van der Waals surface area contributed by atoms with Gasteiger partial charge in [0.25, 0.3) is 0 Å². The Bertz CT molecular complexity index is 1120. The highest BCUT2D eigenvalue weighted by Crippen LogP contribution is 2.31. The van der Waals surface area contributed by atoms with Crippen LogP contribution in [-0.2, 0) is 19.7 Å². The number of benzene rings is 3.